The second-order valence-electron chi connectivity index (χ2n) is 5.88. The van der Waals surface area contributed by atoms with Gasteiger partial charge in [0, 0.05) is 12.3 Å². The van der Waals surface area contributed by atoms with E-state index in [1.165, 1.54) is 29.7 Å². The maximum atomic E-state index is 13.6. The molecule has 116 valence electrons. The third kappa shape index (κ3) is 3.08. The van der Waals surface area contributed by atoms with Gasteiger partial charge in [0.05, 0.1) is 12.2 Å². The highest BCUT2D eigenvalue weighted by Gasteiger charge is 2.36. The van der Waals surface area contributed by atoms with Crippen molar-refractivity contribution in [3.8, 4) is 11.7 Å². The fourth-order valence-corrected chi connectivity index (χ4v) is 2.11. The Kier molecular flexibility index (Phi) is 3.56. The lowest BCUT2D eigenvalue weighted by Gasteiger charge is -2.07. The summed E-state index contributed by atoms with van der Waals surface area (Å²) >= 11 is 0. The molecule has 2 N–H and O–H groups in total. The Balaban J connectivity index is 1.67. The smallest absolute Gasteiger partial charge is 0.253 e. The van der Waals surface area contributed by atoms with E-state index in [1.807, 2.05) is 0 Å². The van der Waals surface area contributed by atoms with E-state index in [9.17, 15) is 9.18 Å². The van der Waals surface area contributed by atoms with Crippen LogP contribution in [0.2, 0.25) is 0 Å². The number of rotatable bonds is 6. The standard InChI is InChI=1S/C15H17FN4O2/c1-15(5-6-15)7-9-22-12-4-8-20(19-12)11-3-2-10(14(17)21)13(16)18-11/h2-4,8H,5-7,9H2,1H3,(H2,17,21). The van der Waals surface area contributed by atoms with E-state index in [0.717, 1.165) is 6.42 Å². The summed E-state index contributed by atoms with van der Waals surface area (Å²) in [5, 5.41) is 4.19. The van der Waals surface area contributed by atoms with Gasteiger partial charge in [-0.1, -0.05) is 6.92 Å². The molecule has 2 aromatic heterocycles. The average Bonchev–Trinajstić information content (AvgIpc) is 3.01. The largest absolute Gasteiger partial charge is 0.477 e. The first-order chi connectivity index (χ1) is 10.5. The molecule has 1 amide bonds. The van der Waals surface area contributed by atoms with E-state index in [4.69, 9.17) is 10.5 Å². The number of hydrogen-bond donors (Lipinski definition) is 1. The van der Waals surface area contributed by atoms with Crippen molar-refractivity contribution in [2.75, 3.05) is 6.61 Å². The number of amides is 1. The third-order valence-corrected chi connectivity index (χ3v) is 3.96. The first kappa shape index (κ1) is 14.5. The summed E-state index contributed by atoms with van der Waals surface area (Å²) < 4.78 is 20.6. The number of ether oxygens (including phenoxy) is 1. The van der Waals surface area contributed by atoms with Crippen molar-refractivity contribution in [2.45, 2.75) is 26.2 Å². The molecule has 1 aliphatic rings. The zero-order valence-electron chi connectivity index (χ0n) is 12.3. The Bertz CT molecular complexity index is 709. The number of pyridine rings is 1. The monoisotopic (exact) mass is 304 g/mol. The summed E-state index contributed by atoms with van der Waals surface area (Å²) in [6.45, 7) is 2.85. The van der Waals surface area contributed by atoms with Gasteiger partial charge in [0.15, 0.2) is 5.82 Å². The Morgan fingerprint density at radius 2 is 2.23 bits per heavy atom. The van der Waals surface area contributed by atoms with Gasteiger partial charge in [-0.15, -0.1) is 5.10 Å². The van der Waals surface area contributed by atoms with E-state index in [-0.39, 0.29) is 11.4 Å². The third-order valence-electron chi connectivity index (χ3n) is 3.96. The number of halogens is 1. The van der Waals surface area contributed by atoms with Crippen molar-refractivity contribution in [2.24, 2.45) is 11.1 Å². The van der Waals surface area contributed by atoms with Crippen LogP contribution in [0.25, 0.3) is 5.82 Å². The quantitative estimate of drug-likeness (QED) is 0.828. The minimum atomic E-state index is -0.912. The molecule has 6 nitrogen and oxygen atoms in total. The molecule has 0 saturated heterocycles. The molecule has 0 spiro atoms. The maximum absolute atomic E-state index is 13.6. The minimum Gasteiger partial charge on any atom is -0.477 e. The second kappa shape index (κ2) is 5.40. The highest BCUT2D eigenvalue weighted by atomic mass is 19.1. The van der Waals surface area contributed by atoms with Gasteiger partial charge < -0.3 is 10.5 Å². The molecule has 2 heterocycles. The number of nitrogens with two attached hydrogens (primary N) is 1. The highest BCUT2D eigenvalue weighted by molar-refractivity contribution is 5.92. The van der Waals surface area contributed by atoms with E-state index in [2.05, 4.69) is 17.0 Å². The minimum absolute atomic E-state index is 0.245. The molecule has 2 aromatic rings. The van der Waals surface area contributed by atoms with Gasteiger partial charge >= 0.3 is 0 Å². The molecular weight excluding hydrogens is 287 g/mol. The van der Waals surface area contributed by atoms with Crippen LogP contribution >= 0.6 is 0 Å². The van der Waals surface area contributed by atoms with Crippen molar-refractivity contribution in [1.29, 1.82) is 0 Å². The van der Waals surface area contributed by atoms with E-state index in [1.54, 1.807) is 12.3 Å². The van der Waals surface area contributed by atoms with Gasteiger partial charge in [-0.3, -0.25) is 4.79 Å². The second-order valence-corrected chi connectivity index (χ2v) is 5.88. The number of carbonyl (C=O) groups excluding carboxylic acids is 1. The fourth-order valence-electron chi connectivity index (χ4n) is 2.11. The lowest BCUT2D eigenvalue weighted by Crippen LogP contribution is -2.15. The molecule has 0 aliphatic heterocycles. The van der Waals surface area contributed by atoms with Crippen LogP contribution in [-0.2, 0) is 0 Å². The lowest BCUT2D eigenvalue weighted by atomic mass is 10.1. The van der Waals surface area contributed by atoms with Crippen molar-refractivity contribution >= 4 is 5.91 Å². The van der Waals surface area contributed by atoms with Crippen LogP contribution < -0.4 is 10.5 Å². The molecule has 1 fully saturated rings. The molecule has 3 rings (SSSR count). The van der Waals surface area contributed by atoms with Crippen LogP contribution in [0.5, 0.6) is 5.88 Å². The molecule has 0 aromatic carbocycles. The van der Waals surface area contributed by atoms with E-state index >= 15 is 0 Å². The molecule has 0 bridgehead atoms. The predicted octanol–water partition coefficient (Wildman–Crippen LogP) is 2.07. The van der Waals surface area contributed by atoms with Crippen LogP contribution in [-0.4, -0.2) is 27.3 Å². The molecule has 7 heteroatoms. The normalized spacial score (nSPS) is 15.5. The fraction of sp³-hybridized carbons (Fsp3) is 0.400. The maximum Gasteiger partial charge on any atom is 0.253 e. The first-order valence-electron chi connectivity index (χ1n) is 7.12. The molecule has 0 atom stereocenters. The summed E-state index contributed by atoms with van der Waals surface area (Å²) in [7, 11) is 0. The zero-order chi connectivity index (χ0) is 15.7. The van der Waals surface area contributed by atoms with Crippen molar-refractivity contribution in [1.82, 2.24) is 14.8 Å². The first-order valence-corrected chi connectivity index (χ1v) is 7.12. The van der Waals surface area contributed by atoms with Crippen LogP contribution in [0.3, 0.4) is 0 Å². The number of carbonyl (C=O) groups is 1. The van der Waals surface area contributed by atoms with Gasteiger partial charge in [0.1, 0.15) is 0 Å². The van der Waals surface area contributed by atoms with Crippen molar-refractivity contribution < 1.29 is 13.9 Å². The predicted molar refractivity (Wildman–Crippen MR) is 77.3 cm³/mol. The van der Waals surface area contributed by atoms with Gasteiger partial charge in [0.25, 0.3) is 5.91 Å². The summed E-state index contributed by atoms with van der Waals surface area (Å²) in [5.74, 6) is -1.05. The number of hydrogen-bond acceptors (Lipinski definition) is 4. The highest BCUT2D eigenvalue weighted by Crippen LogP contribution is 2.47. The molecule has 1 aliphatic carbocycles. The Hall–Kier alpha value is -2.44. The van der Waals surface area contributed by atoms with Crippen LogP contribution in [0.1, 0.15) is 36.5 Å². The lowest BCUT2D eigenvalue weighted by molar-refractivity contribution is 0.0995. The molecule has 22 heavy (non-hydrogen) atoms. The summed E-state index contributed by atoms with van der Waals surface area (Å²) in [6, 6.07) is 4.46. The van der Waals surface area contributed by atoms with Crippen molar-refractivity contribution in [3.63, 3.8) is 0 Å². The summed E-state index contributed by atoms with van der Waals surface area (Å²) in [5.41, 5.74) is 5.22. The van der Waals surface area contributed by atoms with Gasteiger partial charge in [-0.25, -0.2) is 4.68 Å². The summed E-state index contributed by atoms with van der Waals surface area (Å²) in [4.78, 5) is 14.7. The Labute approximate surface area is 127 Å². The van der Waals surface area contributed by atoms with Crippen LogP contribution in [0.15, 0.2) is 24.4 Å². The SMILES string of the molecule is CC1(CCOc2ccn(-c3ccc(C(N)=O)c(F)n3)n2)CC1. The van der Waals surface area contributed by atoms with E-state index in [0.29, 0.717) is 17.9 Å². The van der Waals surface area contributed by atoms with Gasteiger partial charge in [0.2, 0.25) is 11.8 Å². The number of primary amides is 1. The average molecular weight is 304 g/mol. The zero-order valence-corrected chi connectivity index (χ0v) is 12.3. The van der Waals surface area contributed by atoms with Gasteiger partial charge in [-0.05, 0) is 36.8 Å². The van der Waals surface area contributed by atoms with Crippen LogP contribution in [0.4, 0.5) is 4.39 Å². The number of nitrogens with zero attached hydrogens (tertiary/aromatic N) is 3. The van der Waals surface area contributed by atoms with E-state index < -0.39 is 11.9 Å². The van der Waals surface area contributed by atoms with Crippen molar-refractivity contribution in [3.05, 3.63) is 35.9 Å². The molecular formula is C15H17FN4O2. The molecule has 0 radical (unpaired) electrons. The topological polar surface area (TPSA) is 83.0 Å². The van der Waals surface area contributed by atoms with Crippen LogP contribution in [0, 0.1) is 11.4 Å². The summed E-state index contributed by atoms with van der Waals surface area (Å²) in [6.07, 6.45) is 5.13. The Morgan fingerprint density at radius 3 is 2.86 bits per heavy atom. The van der Waals surface area contributed by atoms with Gasteiger partial charge in [-0.2, -0.15) is 9.37 Å². The Morgan fingerprint density at radius 1 is 1.45 bits per heavy atom. The molecule has 0 unspecified atom stereocenters. The molecule has 1 saturated carbocycles. The number of aromatic nitrogens is 3.